The maximum Gasteiger partial charge on any atom is 0.253 e. The molecule has 0 aromatic heterocycles. The lowest BCUT2D eigenvalue weighted by atomic mass is 10.3. The predicted molar refractivity (Wildman–Crippen MR) is 104 cm³/mol. The maximum atomic E-state index is 11.7. The first kappa shape index (κ1) is 24.7. The van der Waals surface area contributed by atoms with E-state index in [9.17, 15) is 19.2 Å². The number of rotatable bonds is 16. The van der Waals surface area contributed by atoms with Crippen LogP contribution in [0.4, 0.5) is 0 Å². The van der Waals surface area contributed by atoms with Gasteiger partial charge in [0.1, 0.15) is 6.10 Å². The van der Waals surface area contributed by atoms with E-state index in [1.165, 1.54) is 12.2 Å². The summed E-state index contributed by atoms with van der Waals surface area (Å²) in [6.07, 6.45) is 2.62. The zero-order chi connectivity index (χ0) is 21.5. The largest absolute Gasteiger partial charge is 0.377 e. The molecular formula is C19H31N3O7. The normalized spacial score (nSPS) is 14.3. The van der Waals surface area contributed by atoms with Crippen LogP contribution in [0.2, 0.25) is 0 Å². The van der Waals surface area contributed by atoms with Gasteiger partial charge in [-0.25, -0.2) is 0 Å². The molecule has 2 N–H and O–H groups in total. The van der Waals surface area contributed by atoms with Crippen LogP contribution < -0.4 is 10.6 Å². The second kappa shape index (κ2) is 14.7. The molecule has 1 atom stereocenters. The van der Waals surface area contributed by atoms with Crippen molar-refractivity contribution in [2.24, 2.45) is 0 Å². The molecule has 10 heteroatoms. The van der Waals surface area contributed by atoms with E-state index >= 15 is 0 Å². The molecule has 1 aliphatic heterocycles. The first-order chi connectivity index (χ1) is 14.0. The van der Waals surface area contributed by atoms with Gasteiger partial charge in [-0.15, -0.1) is 0 Å². The minimum Gasteiger partial charge on any atom is -0.377 e. The first-order valence-electron chi connectivity index (χ1n) is 9.80. The van der Waals surface area contributed by atoms with Crippen LogP contribution in [0.5, 0.6) is 0 Å². The van der Waals surface area contributed by atoms with Crippen molar-refractivity contribution in [1.29, 1.82) is 0 Å². The number of amides is 4. The first-order valence-corrected chi connectivity index (χ1v) is 9.80. The van der Waals surface area contributed by atoms with Crippen molar-refractivity contribution in [2.45, 2.75) is 32.8 Å². The highest BCUT2D eigenvalue weighted by atomic mass is 16.5. The summed E-state index contributed by atoms with van der Waals surface area (Å²) in [6.45, 7) is 6.51. The van der Waals surface area contributed by atoms with E-state index in [0.29, 0.717) is 52.5 Å². The van der Waals surface area contributed by atoms with Gasteiger partial charge in [0.2, 0.25) is 11.8 Å². The van der Waals surface area contributed by atoms with Gasteiger partial charge in [0, 0.05) is 44.8 Å². The van der Waals surface area contributed by atoms with Crippen molar-refractivity contribution >= 4 is 23.6 Å². The number of ether oxygens (including phenoxy) is 3. The van der Waals surface area contributed by atoms with Gasteiger partial charge >= 0.3 is 0 Å². The van der Waals surface area contributed by atoms with Crippen LogP contribution in [0, 0.1) is 0 Å². The Hall–Kier alpha value is -2.30. The Kier molecular flexibility index (Phi) is 12.5. The molecule has 0 spiro atoms. The number of carbonyl (C=O) groups is 4. The number of carbonyl (C=O) groups excluding carboxylic acids is 4. The topological polar surface area (TPSA) is 123 Å². The van der Waals surface area contributed by atoms with Gasteiger partial charge in [-0.2, -0.15) is 0 Å². The molecule has 0 aliphatic carbocycles. The molecule has 0 aromatic carbocycles. The van der Waals surface area contributed by atoms with E-state index in [4.69, 9.17) is 14.2 Å². The fourth-order valence-corrected chi connectivity index (χ4v) is 2.44. The van der Waals surface area contributed by atoms with Gasteiger partial charge in [-0.1, -0.05) is 0 Å². The Balaban J connectivity index is 1.88. The maximum absolute atomic E-state index is 11.7. The van der Waals surface area contributed by atoms with Crippen LogP contribution in [-0.4, -0.2) is 87.3 Å². The van der Waals surface area contributed by atoms with Gasteiger partial charge in [-0.05, 0) is 20.3 Å². The molecule has 29 heavy (non-hydrogen) atoms. The monoisotopic (exact) mass is 413 g/mol. The Bertz CT molecular complexity index is 562. The van der Waals surface area contributed by atoms with Crippen LogP contribution in [0.3, 0.4) is 0 Å². The molecule has 1 heterocycles. The van der Waals surface area contributed by atoms with Gasteiger partial charge in [0.05, 0.1) is 26.4 Å². The Morgan fingerprint density at radius 3 is 2.17 bits per heavy atom. The number of hydrogen-bond acceptors (Lipinski definition) is 7. The highest BCUT2D eigenvalue weighted by Crippen LogP contribution is 2.05. The number of imide groups is 1. The van der Waals surface area contributed by atoms with E-state index in [2.05, 4.69) is 10.6 Å². The van der Waals surface area contributed by atoms with Gasteiger partial charge in [0.25, 0.3) is 11.8 Å². The van der Waals surface area contributed by atoms with E-state index in [1.54, 1.807) is 6.92 Å². The molecular weight excluding hydrogens is 382 g/mol. The van der Waals surface area contributed by atoms with Crippen molar-refractivity contribution in [2.75, 3.05) is 52.7 Å². The van der Waals surface area contributed by atoms with Crippen LogP contribution in [0.25, 0.3) is 0 Å². The summed E-state index contributed by atoms with van der Waals surface area (Å²) in [5, 5.41) is 5.42. The molecule has 0 saturated carbocycles. The Morgan fingerprint density at radius 2 is 1.59 bits per heavy atom. The summed E-state index contributed by atoms with van der Waals surface area (Å²) in [6, 6.07) is 0. The Labute approximate surface area is 170 Å². The van der Waals surface area contributed by atoms with E-state index in [1.807, 2.05) is 6.92 Å². The average molecular weight is 413 g/mol. The quantitative estimate of drug-likeness (QED) is 0.255. The van der Waals surface area contributed by atoms with Gasteiger partial charge in [0.15, 0.2) is 0 Å². The summed E-state index contributed by atoms with van der Waals surface area (Å²) in [7, 11) is 0. The van der Waals surface area contributed by atoms with E-state index in [0.717, 1.165) is 4.90 Å². The predicted octanol–water partition coefficient (Wildman–Crippen LogP) is -0.618. The smallest absolute Gasteiger partial charge is 0.253 e. The molecule has 0 radical (unpaired) electrons. The zero-order valence-electron chi connectivity index (χ0n) is 17.1. The molecule has 1 rings (SSSR count). The van der Waals surface area contributed by atoms with E-state index in [-0.39, 0.29) is 36.6 Å². The Morgan fingerprint density at radius 1 is 1.00 bits per heavy atom. The lowest BCUT2D eigenvalue weighted by Crippen LogP contribution is -2.36. The molecule has 4 amide bonds. The minimum atomic E-state index is -0.472. The summed E-state index contributed by atoms with van der Waals surface area (Å²) < 4.78 is 15.9. The van der Waals surface area contributed by atoms with Gasteiger partial charge in [-0.3, -0.25) is 24.1 Å². The van der Waals surface area contributed by atoms with Crippen LogP contribution in [-0.2, 0) is 33.4 Å². The minimum absolute atomic E-state index is 0.158. The molecule has 0 bridgehead atoms. The van der Waals surface area contributed by atoms with Crippen LogP contribution in [0.1, 0.15) is 26.7 Å². The highest BCUT2D eigenvalue weighted by molar-refractivity contribution is 6.12. The summed E-state index contributed by atoms with van der Waals surface area (Å²) in [5.41, 5.74) is 0. The molecule has 164 valence electrons. The molecule has 1 unspecified atom stereocenters. The van der Waals surface area contributed by atoms with Gasteiger partial charge < -0.3 is 24.8 Å². The lowest BCUT2D eigenvalue weighted by molar-refractivity contribution is -0.137. The SMILES string of the molecule is CCOC(C)C(=O)NCCOCCOCCNC(=O)CCCN1C(=O)C=CC1=O. The third kappa shape index (κ3) is 10.7. The van der Waals surface area contributed by atoms with Crippen LogP contribution in [0.15, 0.2) is 12.2 Å². The molecule has 1 aliphatic rings. The fourth-order valence-electron chi connectivity index (χ4n) is 2.44. The molecule has 0 aromatic rings. The summed E-state index contributed by atoms with van der Waals surface area (Å²) in [4.78, 5) is 47.1. The number of nitrogens with one attached hydrogen (secondary N) is 2. The average Bonchev–Trinajstić information content (AvgIpc) is 3.01. The zero-order valence-corrected chi connectivity index (χ0v) is 17.1. The molecule has 0 saturated heterocycles. The summed E-state index contributed by atoms with van der Waals surface area (Å²) >= 11 is 0. The molecule has 0 fully saturated rings. The second-order valence-electron chi connectivity index (χ2n) is 6.23. The third-order valence-electron chi connectivity index (χ3n) is 3.96. The van der Waals surface area contributed by atoms with Crippen LogP contribution >= 0.6 is 0 Å². The van der Waals surface area contributed by atoms with E-state index < -0.39 is 6.10 Å². The van der Waals surface area contributed by atoms with Crippen molar-refractivity contribution in [1.82, 2.24) is 15.5 Å². The van der Waals surface area contributed by atoms with Crippen molar-refractivity contribution < 1.29 is 33.4 Å². The van der Waals surface area contributed by atoms with Crippen molar-refractivity contribution in [3.8, 4) is 0 Å². The second-order valence-corrected chi connectivity index (χ2v) is 6.23. The third-order valence-corrected chi connectivity index (χ3v) is 3.96. The van der Waals surface area contributed by atoms with Crippen molar-refractivity contribution in [3.63, 3.8) is 0 Å². The number of nitrogens with zero attached hydrogens (tertiary/aromatic N) is 1. The molecule has 10 nitrogen and oxygen atoms in total. The lowest BCUT2D eigenvalue weighted by Gasteiger charge is -2.13. The number of hydrogen-bond donors (Lipinski definition) is 2. The summed E-state index contributed by atoms with van der Waals surface area (Å²) in [5.74, 6) is -1.01. The standard InChI is InChI=1S/C19H31N3O7/c1-3-29-15(2)19(26)21-9-12-28-14-13-27-11-8-20-16(23)5-4-10-22-17(24)6-7-18(22)25/h6-7,15H,3-5,8-14H2,1-2H3,(H,20,23)(H,21,26). The fraction of sp³-hybridized carbons (Fsp3) is 0.684. The van der Waals surface area contributed by atoms with Crippen molar-refractivity contribution in [3.05, 3.63) is 12.2 Å². The highest BCUT2D eigenvalue weighted by Gasteiger charge is 2.22.